The molecule has 19 heavy (non-hydrogen) atoms. The second-order valence-electron chi connectivity index (χ2n) is 5.46. The molecule has 1 aromatic rings. The van der Waals surface area contributed by atoms with Crippen molar-refractivity contribution in [3.63, 3.8) is 0 Å². The third kappa shape index (κ3) is 4.35. The number of carbonyl (C=O) groups excluding carboxylic acids is 1. The second-order valence-corrected chi connectivity index (χ2v) is 5.46. The molecule has 0 aromatic heterocycles. The summed E-state index contributed by atoms with van der Waals surface area (Å²) in [6.07, 6.45) is 0.921. The predicted octanol–water partition coefficient (Wildman–Crippen LogP) is 2.80. The van der Waals surface area contributed by atoms with Gasteiger partial charge in [-0.25, -0.2) is 0 Å². The van der Waals surface area contributed by atoms with Crippen LogP contribution in [0.2, 0.25) is 0 Å². The molecule has 2 atom stereocenters. The molecular formula is C16H26N2O. The third-order valence-corrected chi connectivity index (χ3v) is 3.64. The Morgan fingerprint density at radius 1 is 1.21 bits per heavy atom. The maximum Gasteiger partial charge on any atom is 0.240 e. The zero-order valence-corrected chi connectivity index (χ0v) is 12.5. The summed E-state index contributed by atoms with van der Waals surface area (Å²) in [6.45, 7) is 8.79. The second kappa shape index (κ2) is 7.29. The van der Waals surface area contributed by atoms with E-state index in [0.29, 0.717) is 6.54 Å². The fourth-order valence-corrected chi connectivity index (χ4v) is 1.98. The van der Waals surface area contributed by atoms with E-state index in [4.69, 9.17) is 5.73 Å². The number of rotatable bonds is 6. The minimum absolute atomic E-state index is 0.0493. The van der Waals surface area contributed by atoms with E-state index in [0.717, 1.165) is 12.0 Å². The molecule has 0 heterocycles. The highest BCUT2D eigenvalue weighted by Gasteiger charge is 2.26. The zero-order chi connectivity index (χ0) is 14.4. The molecule has 1 rings (SSSR count). The first-order valence-electron chi connectivity index (χ1n) is 7.07. The molecule has 1 amide bonds. The van der Waals surface area contributed by atoms with Gasteiger partial charge in [0.25, 0.3) is 0 Å². The van der Waals surface area contributed by atoms with Crippen molar-refractivity contribution in [3.8, 4) is 0 Å². The molecular weight excluding hydrogens is 236 g/mol. The standard InChI is InChI=1S/C16H26N2O/c1-5-13(4)15(17)16(19)18(12(2)3)11-14-9-7-6-8-10-14/h6-10,12-13,15H,5,11,17H2,1-4H3/t13?,15-/m0/s1. The van der Waals surface area contributed by atoms with Gasteiger partial charge in [-0.15, -0.1) is 0 Å². The Kier molecular flexibility index (Phi) is 6.03. The quantitative estimate of drug-likeness (QED) is 0.857. The maximum atomic E-state index is 12.5. The fraction of sp³-hybridized carbons (Fsp3) is 0.562. The van der Waals surface area contributed by atoms with Crippen LogP contribution in [0.5, 0.6) is 0 Å². The van der Waals surface area contributed by atoms with E-state index in [-0.39, 0.29) is 17.9 Å². The summed E-state index contributed by atoms with van der Waals surface area (Å²) >= 11 is 0. The molecule has 0 fully saturated rings. The van der Waals surface area contributed by atoms with Gasteiger partial charge in [-0.05, 0) is 25.3 Å². The van der Waals surface area contributed by atoms with Crippen LogP contribution in [0.1, 0.15) is 39.7 Å². The summed E-state index contributed by atoms with van der Waals surface area (Å²) in [5.41, 5.74) is 7.21. The van der Waals surface area contributed by atoms with E-state index < -0.39 is 6.04 Å². The monoisotopic (exact) mass is 262 g/mol. The SMILES string of the molecule is CCC(C)[C@H](N)C(=O)N(Cc1ccccc1)C(C)C. The van der Waals surface area contributed by atoms with Crippen molar-refractivity contribution in [2.24, 2.45) is 11.7 Å². The average Bonchev–Trinajstić information content (AvgIpc) is 2.43. The third-order valence-electron chi connectivity index (χ3n) is 3.64. The van der Waals surface area contributed by atoms with E-state index in [9.17, 15) is 4.79 Å². The van der Waals surface area contributed by atoms with Crippen LogP contribution in [0.4, 0.5) is 0 Å². The minimum Gasteiger partial charge on any atom is -0.335 e. The molecule has 0 bridgehead atoms. The normalized spacial score (nSPS) is 14.2. The van der Waals surface area contributed by atoms with E-state index >= 15 is 0 Å². The van der Waals surface area contributed by atoms with Gasteiger partial charge in [-0.1, -0.05) is 50.6 Å². The van der Waals surface area contributed by atoms with E-state index in [1.54, 1.807) is 0 Å². The lowest BCUT2D eigenvalue weighted by molar-refractivity contribution is -0.136. The van der Waals surface area contributed by atoms with Crippen LogP contribution in [0.15, 0.2) is 30.3 Å². The van der Waals surface area contributed by atoms with Gasteiger partial charge in [0.15, 0.2) is 0 Å². The molecule has 3 heteroatoms. The Morgan fingerprint density at radius 2 is 1.79 bits per heavy atom. The molecule has 106 valence electrons. The lowest BCUT2D eigenvalue weighted by Crippen LogP contribution is -2.49. The Hall–Kier alpha value is -1.35. The number of carbonyl (C=O) groups is 1. The first-order valence-corrected chi connectivity index (χ1v) is 7.07. The highest BCUT2D eigenvalue weighted by Crippen LogP contribution is 2.14. The molecule has 0 saturated heterocycles. The van der Waals surface area contributed by atoms with Crippen molar-refractivity contribution < 1.29 is 4.79 Å². The number of benzene rings is 1. The summed E-state index contributed by atoms with van der Waals surface area (Å²) in [4.78, 5) is 14.4. The molecule has 2 N–H and O–H groups in total. The Bertz CT molecular complexity index is 389. The van der Waals surface area contributed by atoms with Crippen molar-refractivity contribution in [3.05, 3.63) is 35.9 Å². The van der Waals surface area contributed by atoms with E-state index in [1.807, 2.05) is 56.0 Å². The summed E-state index contributed by atoms with van der Waals surface area (Å²) in [5.74, 6) is 0.262. The van der Waals surface area contributed by atoms with Crippen molar-refractivity contribution >= 4 is 5.91 Å². The summed E-state index contributed by atoms with van der Waals surface area (Å²) in [6, 6.07) is 9.80. The smallest absolute Gasteiger partial charge is 0.240 e. The summed E-state index contributed by atoms with van der Waals surface area (Å²) in [7, 11) is 0. The Balaban J connectivity index is 2.80. The van der Waals surface area contributed by atoms with Gasteiger partial charge in [0.2, 0.25) is 5.91 Å². The van der Waals surface area contributed by atoms with Gasteiger partial charge in [-0.2, -0.15) is 0 Å². The van der Waals surface area contributed by atoms with Crippen molar-refractivity contribution in [1.29, 1.82) is 0 Å². The van der Waals surface area contributed by atoms with Gasteiger partial charge in [0.05, 0.1) is 6.04 Å². The number of nitrogens with two attached hydrogens (primary N) is 1. The highest BCUT2D eigenvalue weighted by molar-refractivity contribution is 5.82. The molecule has 1 unspecified atom stereocenters. The highest BCUT2D eigenvalue weighted by atomic mass is 16.2. The Labute approximate surface area is 116 Å². The molecule has 0 spiro atoms. The van der Waals surface area contributed by atoms with Crippen LogP contribution in [-0.4, -0.2) is 22.9 Å². The van der Waals surface area contributed by atoms with Crippen LogP contribution in [0.3, 0.4) is 0 Å². The molecule has 0 aliphatic heterocycles. The summed E-state index contributed by atoms with van der Waals surface area (Å²) in [5, 5.41) is 0. The van der Waals surface area contributed by atoms with Crippen LogP contribution in [0.25, 0.3) is 0 Å². The fourth-order valence-electron chi connectivity index (χ4n) is 1.98. The largest absolute Gasteiger partial charge is 0.335 e. The lowest BCUT2D eigenvalue weighted by atomic mass is 9.98. The average molecular weight is 262 g/mol. The Morgan fingerprint density at radius 3 is 2.26 bits per heavy atom. The molecule has 0 saturated carbocycles. The van der Waals surface area contributed by atoms with Gasteiger partial charge < -0.3 is 10.6 Å². The predicted molar refractivity (Wildman–Crippen MR) is 79.6 cm³/mol. The zero-order valence-electron chi connectivity index (χ0n) is 12.5. The molecule has 0 aliphatic carbocycles. The number of amides is 1. The lowest BCUT2D eigenvalue weighted by Gasteiger charge is -2.31. The van der Waals surface area contributed by atoms with Gasteiger partial charge >= 0.3 is 0 Å². The number of nitrogens with zero attached hydrogens (tertiary/aromatic N) is 1. The van der Waals surface area contributed by atoms with E-state index in [1.165, 1.54) is 0 Å². The molecule has 0 aliphatic rings. The van der Waals surface area contributed by atoms with Crippen LogP contribution < -0.4 is 5.73 Å². The first kappa shape index (κ1) is 15.7. The maximum absolute atomic E-state index is 12.5. The van der Waals surface area contributed by atoms with Crippen LogP contribution in [-0.2, 0) is 11.3 Å². The number of hydrogen-bond acceptors (Lipinski definition) is 2. The minimum atomic E-state index is -0.406. The van der Waals surface area contributed by atoms with Crippen molar-refractivity contribution in [2.45, 2.75) is 52.7 Å². The summed E-state index contributed by atoms with van der Waals surface area (Å²) < 4.78 is 0. The van der Waals surface area contributed by atoms with Crippen molar-refractivity contribution in [2.75, 3.05) is 0 Å². The van der Waals surface area contributed by atoms with Crippen LogP contribution in [0, 0.1) is 5.92 Å². The molecule has 0 radical (unpaired) electrons. The van der Waals surface area contributed by atoms with E-state index in [2.05, 4.69) is 6.92 Å². The molecule has 3 nitrogen and oxygen atoms in total. The first-order chi connectivity index (χ1) is 8.97. The number of hydrogen-bond donors (Lipinski definition) is 1. The van der Waals surface area contributed by atoms with Crippen molar-refractivity contribution in [1.82, 2.24) is 4.90 Å². The van der Waals surface area contributed by atoms with Gasteiger partial charge in [0.1, 0.15) is 0 Å². The van der Waals surface area contributed by atoms with Gasteiger partial charge in [-0.3, -0.25) is 4.79 Å². The molecule has 1 aromatic carbocycles. The van der Waals surface area contributed by atoms with Gasteiger partial charge in [0, 0.05) is 12.6 Å². The van der Waals surface area contributed by atoms with Crippen LogP contribution >= 0.6 is 0 Å². The topological polar surface area (TPSA) is 46.3 Å².